The van der Waals surface area contributed by atoms with Crippen LogP contribution in [0.1, 0.15) is 51.0 Å². The van der Waals surface area contributed by atoms with Gasteiger partial charge in [0.05, 0.1) is 5.60 Å². The number of carbonyl (C=O) groups is 2. The first-order valence-corrected chi connectivity index (χ1v) is 9.46. The Morgan fingerprint density at radius 3 is 2.50 bits per heavy atom. The number of nitrogens with one attached hydrogen (secondary N) is 2. The lowest BCUT2D eigenvalue weighted by atomic mass is 9.97. The zero-order valence-corrected chi connectivity index (χ0v) is 15.6. The molecule has 0 saturated carbocycles. The zero-order chi connectivity index (χ0) is 18.8. The minimum absolute atomic E-state index is 0.0528. The normalized spacial score (nSPS) is 16.3. The lowest BCUT2D eigenvalue weighted by Crippen LogP contribution is -2.46. The first-order valence-electron chi connectivity index (χ1n) is 9.46. The first-order chi connectivity index (χ1) is 12.5. The Labute approximate surface area is 155 Å². The van der Waals surface area contributed by atoms with Gasteiger partial charge in [0.2, 0.25) is 0 Å². The molecule has 0 aliphatic heterocycles. The van der Waals surface area contributed by atoms with Crippen molar-refractivity contribution in [2.45, 2.75) is 57.5 Å². The summed E-state index contributed by atoms with van der Waals surface area (Å²) in [4.78, 5) is 23.8. The van der Waals surface area contributed by atoms with Crippen molar-refractivity contribution >= 4 is 11.8 Å². The van der Waals surface area contributed by atoms with Gasteiger partial charge in [0.15, 0.2) is 0 Å². The molecule has 26 heavy (non-hydrogen) atoms. The van der Waals surface area contributed by atoms with E-state index in [0.717, 1.165) is 24.8 Å². The Balaban J connectivity index is 1.65. The van der Waals surface area contributed by atoms with Crippen molar-refractivity contribution in [3.63, 3.8) is 0 Å². The van der Waals surface area contributed by atoms with E-state index in [0.29, 0.717) is 19.4 Å². The van der Waals surface area contributed by atoms with Crippen LogP contribution in [0.2, 0.25) is 0 Å². The summed E-state index contributed by atoms with van der Waals surface area (Å²) in [5.74, 6) is -1.33. The van der Waals surface area contributed by atoms with Gasteiger partial charge in [-0.3, -0.25) is 9.59 Å². The number of aliphatic hydroxyl groups is 1. The number of rotatable bonds is 8. The van der Waals surface area contributed by atoms with Crippen LogP contribution in [0.4, 0.5) is 0 Å². The van der Waals surface area contributed by atoms with Crippen LogP contribution in [0, 0.1) is 0 Å². The molecule has 0 radical (unpaired) electrons. The number of carbonyl (C=O) groups excluding carboxylic acids is 2. The quantitative estimate of drug-likeness (QED) is 0.493. The van der Waals surface area contributed by atoms with Gasteiger partial charge >= 0.3 is 11.8 Å². The molecule has 0 spiro atoms. The second kappa shape index (κ2) is 10.1. The van der Waals surface area contributed by atoms with Gasteiger partial charge in [0.25, 0.3) is 0 Å². The van der Waals surface area contributed by atoms with Crippen LogP contribution in [0.15, 0.2) is 42.0 Å². The summed E-state index contributed by atoms with van der Waals surface area (Å²) in [5, 5.41) is 15.6. The molecule has 5 nitrogen and oxygen atoms in total. The number of benzene rings is 1. The average molecular weight is 358 g/mol. The van der Waals surface area contributed by atoms with Gasteiger partial charge in [0.1, 0.15) is 0 Å². The lowest BCUT2D eigenvalue weighted by Gasteiger charge is -2.23. The van der Waals surface area contributed by atoms with Crippen molar-refractivity contribution < 1.29 is 14.7 Å². The number of hydrogen-bond acceptors (Lipinski definition) is 3. The molecule has 2 amide bonds. The van der Waals surface area contributed by atoms with E-state index < -0.39 is 17.4 Å². The Bertz CT molecular complexity index is 623. The standard InChI is InChI=1S/C21H30N2O3/c1-21(26,14-12-17-8-4-2-5-9-17)16-23-20(25)19(24)22-15-13-18-10-6-3-7-11-18/h2,4-5,8-10,26H,3,6-7,11-16H2,1H3,(H,22,24)(H,23,25)/t21-/m0/s1. The molecule has 1 aromatic carbocycles. The molecule has 5 heteroatoms. The Kier molecular flexibility index (Phi) is 7.85. The molecular weight excluding hydrogens is 328 g/mol. The maximum atomic E-state index is 11.9. The molecule has 1 aromatic rings. The predicted molar refractivity (Wildman–Crippen MR) is 103 cm³/mol. The van der Waals surface area contributed by atoms with E-state index in [1.807, 2.05) is 30.3 Å². The van der Waals surface area contributed by atoms with E-state index in [2.05, 4.69) is 16.7 Å². The van der Waals surface area contributed by atoms with E-state index >= 15 is 0 Å². The van der Waals surface area contributed by atoms with Gasteiger partial charge in [-0.2, -0.15) is 0 Å². The van der Waals surface area contributed by atoms with Crippen LogP contribution in [0.25, 0.3) is 0 Å². The third-order valence-corrected chi connectivity index (χ3v) is 4.75. The van der Waals surface area contributed by atoms with Gasteiger partial charge in [-0.05, 0) is 57.4 Å². The maximum absolute atomic E-state index is 11.9. The fourth-order valence-electron chi connectivity index (χ4n) is 3.05. The summed E-state index contributed by atoms with van der Waals surface area (Å²) in [6.45, 7) is 2.20. The largest absolute Gasteiger partial charge is 0.388 e. The Hall–Kier alpha value is -2.14. The van der Waals surface area contributed by atoms with Crippen LogP contribution in [-0.4, -0.2) is 35.6 Å². The van der Waals surface area contributed by atoms with Gasteiger partial charge in [-0.15, -0.1) is 0 Å². The smallest absolute Gasteiger partial charge is 0.309 e. The molecule has 0 saturated heterocycles. The van der Waals surface area contributed by atoms with E-state index in [-0.39, 0.29) is 6.54 Å². The fourth-order valence-corrected chi connectivity index (χ4v) is 3.05. The number of hydrogen-bond donors (Lipinski definition) is 3. The van der Waals surface area contributed by atoms with E-state index in [9.17, 15) is 14.7 Å². The second-order valence-corrected chi connectivity index (χ2v) is 7.28. The molecule has 2 rings (SSSR count). The third-order valence-electron chi connectivity index (χ3n) is 4.75. The minimum Gasteiger partial charge on any atom is -0.388 e. The summed E-state index contributed by atoms with van der Waals surface area (Å²) in [6, 6.07) is 9.87. The summed E-state index contributed by atoms with van der Waals surface area (Å²) in [7, 11) is 0. The Morgan fingerprint density at radius 1 is 1.08 bits per heavy atom. The Morgan fingerprint density at radius 2 is 1.81 bits per heavy atom. The van der Waals surface area contributed by atoms with Gasteiger partial charge < -0.3 is 15.7 Å². The molecule has 142 valence electrons. The molecular formula is C21H30N2O3. The van der Waals surface area contributed by atoms with Crippen LogP contribution in [0.5, 0.6) is 0 Å². The molecule has 0 fully saturated rings. The highest BCUT2D eigenvalue weighted by molar-refractivity contribution is 6.35. The van der Waals surface area contributed by atoms with Crippen LogP contribution in [-0.2, 0) is 16.0 Å². The van der Waals surface area contributed by atoms with Crippen molar-refractivity contribution in [2.24, 2.45) is 0 Å². The van der Waals surface area contributed by atoms with E-state index in [1.165, 1.54) is 18.4 Å². The summed E-state index contributed by atoms with van der Waals surface area (Å²) in [5.41, 5.74) is 1.44. The molecule has 0 bridgehead atoms. The lowest BCUT2D eigenvalue weighted by molar-refractivity contribution is -0.139. The molecule has 1 aliphatic rings. The number of aryl methyl sites for hydroxylation is 1. The van der Waals surface area contributed by atoms with Crippen LogP contribution in [0.3, 0.4) is 0 Å². The number of allylic oxidation sites excluding steroid dienone is 1. The van der Waals surface area contributed by atoms with Crippen LogP contribution < -0.4 is 10.6 Å². The van der Waals surface area contributed by atoms with Gasteiger partial charge in [0, 0.05) is 13.1 Å². The summed E-state index contributed by atoms with van der Waals surface area (Å²) >= 11 is 0. The molecule has 3 N–H and O–H groups in total. The molecule has 0 aromatic heterocycles. The van der Waals surface area contributed by atoms with Gasteiger partial charge in [-0.25, -0.2) is 0 Å². The highest BCUT2D eigenvalue weighted by Crippen LogP contribution is 2.19. The maximum Gasteiger partial charge on any atom is 0.309 e. The molecule has 1 atom stereocenters. The monoisotopic (exact) mass is 358 g/mol. The fraction of sp³-hybridized carbons (Fsp3) is 0.524. The minimum atomic E-state index is -1.06. The van der Waals surface area contributed by atoms with E-state index in [1.54, 1.807) is 6.92 Å². The van der Waals surface area contributed by atoms with Gasteiger partial charge in [-0.1, -0.05) is 42.0 Å². The first kappa shape index (κ1) is 20.2. The summed E-state index contributed by atoms with van der Waals surface area (Å²) in [6.07, 6.45) is 8.90. The zero-order valence-electron chi connectivity index (χ0n) is 15.6. The number of amides is 2. The third kappa shape index (κ3) is 7.40. The van der Waals surface area contributed by atoms with Crippen molar-refractivity contribution in [1.82, 2.24) is 10.6 Å². The van der Waals surface area contributed by atoms with Crippen LogP contribution >= 0.6 is 0 Å². The SMILES string of the molecule is C[C@](O)(CCc1ccccc1)CNC(=O)C(=O)NCCC1=CCCCC1. The van der Waals surface area contributed by atoms with Crippen molar-refractivity contribution in [3.8, 4) is 0 Å². The average Bonchev–Trinajstić information content (AvgIpc) is 2.66. The predicted octanol–water partition coefficient (Wildman–Crippen LogP) is 2.49. The van der Waals surface area contributed by atoms with E-state index in [4.69, 9.17) is 0 Å². The molecule has 0 unspecified atom stereocenters. The van der Waals surface area contributed by atoms with Crippen molar-refractivity contribution in [1.29, 1.82) is 0 Å². The topological polar surface area (TPSA) is 78.4 Å². The van der Waals surface area contributed by atoms with Crippen molar-refractivity contribution in [3.05, 3.63) is 47.5 Å². The molecule has 0 heterocycles. The summed E-state index contributed by atoms with van der Waals surface area (Å²) < 4.78 is 0. The highest BCUT2D eigenvalue weighted by Gasteiger charge is 2.23. The molecule has 1 aliphatic carbocycles. The second-order valence-electron chi connectivity index (χ2n) is 7.28. The highest BCUT2D eigenvalue weighted by atomic mass is 16.3. The van der Waals surface area contributed by atoms with Crippen molar-refractivity contribution in [2.75, 3.05) is 13.1 Å².